The third-order valence-electron chi connectivity index (χ3n) is 4.18. The summed E-state index contributed by atoms with van der Waals surface area (Å²) in [5, 5.41) is 18.1. The van der Waals surface area contributed by atoms with Crippen LogP contribution in [-0.4, -0.2) is 32.0 Å². The van der Waals surface area contributed by atoms with Crippen molar-refractivity contribution >= 4 is 34.1 Å². The van der Waals surface area contributed by atoms with Crippen LogP contribution in [0, 0.1) is 0 Å². The van der Waals surface area contributed by atoms with Crippen LogP contribution in [0.3, 0.4) is 0 Å². The molecule has 0 fully saturated rings. The fourth-order valence-corrected chi connectivity index (χ4v) is 3.77. The van der Waals surface area contributed by atoms with E-state index in [4.69, 9.17) is 0 Å². The molecule has 0 aliphatic heterocycles. The first kappa shape index (κ1) is 20.9. The minimum atomic E-state index is -0.250. The first-order valence-electron chi connectivity index (χ1n) is 9.56. The monoisotopic (exact) mass is 409 g/mol. The second kappa shape index (κ2) is 9.13. The van der Waals surface area contributed by atoms with Gasteiger partial charge in [-0.25, -0.2) is 0 Å². The van der Waals surface area contributed by atoms with Gasteiger partial charge in [0.1, 0.15) is 0 Å². The molecule has 2 aromatic carbocycles. The summed E-state index contributed by atoms with van der Waals surface area (Å²) in [6.45, 7) is 10.8. The smallest absolute Gasteiger partial charge is 0.230 e. The van der Waals surface area contributed by atoms with Gasteiger partial charge >= 0.3 is 0 Å². The minimum absolute atomic E-state index is 0.0221. The molecule has 1 heterocycles. The molecule has 1 aromatic heterocycles. The topological polar surface area (TPSA) is 71.8 Å². The second-order valence-electron chi connectivity index (χ2n) is 7.77. The van der Waals surface area contributed by atoms with Gasteiger partial charge in [-0.2, -0.15) is 0 Å². The number of hydrogen-bond acceptors (Lipinski definition) is 5. The Balaban J connectivity index is 1.71. The van der Waals surface area contributed by atoms with Gasteiger partial charge in [-0.15, -0.1) is 16.8 Å². The lowest BCUT2D eigenvalue weighted by molar-refractivity contribution is -0.119. The number of aromatic nitrogens is 3. The van der Waals surface area contributed by atoms with Gasteiger partial charge in [0.15, 0.2) is 11.0 Å². The Bertz CT molecular complexity index is 1000. The highest BCUT2D eigenvalue weighted by atomic mass is 32.2. The molecule has 0 saturated carbocycles. The van der Waals surface area contributed by atoms with E-state index in [-0.39, 0.29) is 11.4 Å². The van der Waals surface area contributed by atoms with E-state index in [1.807, 2.05) is 49.6 Å². The van der Waals surface area contributed by atoms with E-state index in [1.54, 1.807) is 0 Å². The van der Waals surface area contributed by atoms with Crippen molar-refractivity contribution in [3.8, 4) is 0 Å². The molecule has 3 aromatic rings. The Kier molecular flexibility index (Phi) is 6.59. The number of amides is 1. The van der Waals surface area contributed by atoms with Crippen LogP contribution in [0.2, 0.25) is 0 Å². The summed E-state index contributed by atoms with van der Waals surface area (Å²) in [4.78, 5) is 12.1. The second-order valence-corrected chi connectivity index (χ2v) is 8.71. The van der Waals surface area contributed by atoms with E-state index in [1.165, 1.54) is 22.5 Å². The van der Waals surface area contributed by atoms with Crippen molar-refractivity contribution < 1.29 is 4.79 Å². The molecule has 152 valence electrons. The van der Waals surface area contributed by atoms with Crippen molar-refractivity contribution in [3.05, 3.63) is 60.9 Å². The Morgan fingerprint density at radius 1 is 1.17 bits per heavy atom. The van der Waals surface area contributed by atoms with E-state index < -0.39 is 0 Å². The molecule has 0 aliphatic rings. The molecule has 6 nitrogen and oxygen atoms in total. The molecule has 0 bridgehead atoms. The SMILES string of the molecule is C=CCn1c(CNc2cccc3ccccc23)nnc1SCC(=O)NC(C)(C)C. The summed E-state index contributed by atoms with van der Waals surface area (Å²) >= 11 is 1.38. The third-order valence-corrected chi connectivity index (χ3v) is 5.15. The lowest BCUT2D eigenvalue weighted by Crippen LogP contribution is -2.41. The first-order chi connectivity index (χ1) is 13.9. The predicted molar refractivity (Wildman–Crippen MR) is 120 cm³/mol. The summed E-state index contributed by atoms with van der Waals surface area (Å²) in [5.74, 6) is 1.08. The fourth-order valence-electron chi connectivity index (χ4n) is 3.01. The zero-order valence-corrected chi connectivity index (χ0v) is 17.9. The zero-order valence-electron chi connectivity index (χ0n) is 17.1. The summed E-state index contributed by atoms with van der Waals surface area (Å²) in [7, 11) is 0. The van der Waals surface area contributed by atoms with E-state index in [0.717, 1.165) is 11.5 Å². The van der Waals surface area contributed by atoms with Crippen LogP contribution in [-0.2, 0) is 17.9 Å². The first-order valence-corrected chi connectivity index (χ1v) is 10.5. The normalized spacial score (nSPS) is 11.4. The van der Waals surface area contributed by atoms with Crippen LogP contribution in [0.5, 0.6) is 0 Å². The molecule has 0 spiro atoms. The van der Waals surface area contributed by atoms with Gasteiger partial charge in [-0.05, 0) is 32.2 Å². The summed E-state index contributed by atoms with van der Waals surface area (Å²) in [6.07, 6.45) is 1.81. The Morgan fingerprint density at radius 2 is 1.93 bits per heavy atom. The average Bonchev–Trinajstić information content (AvgIpc) is 3.05. The number of carbonyl (C=O) groups excluding carboxylic acids is 1. The minimum Gasteiger partial charge on any atom is -0.377 e. The fraction of sp³-hybridized carbons (Fsp3) is 0.318. The largest absolute Gasteiger partial charge is 0.377 e. The number of thioether (sulfide) groups is 1. The lowest BCUT2D eigenvalue weighted by atomic mass is 10.1. The molecule has 0 atom stereocenters. The molecular formula is C22H27N5OS. The number of rotatable bonds is 8. The van der Waals surface area contributed by atoms with Crippen LogP contribution >= 0.6 is 11.8 Å². The van der Waals surface area contributed by atoms with Crippen molar-refractivity contribution in [2.75, 3.05) is 11.1 Å². The number of fused-ring (bicyclic) bond motifs is 1. The average molecular weight is 410 g/mol. The molecule has 2 N–H and O–H groups in total. The number of hydrogen-bond donors (Lipinski definition) is 2. The predicted octanol–water partition coefficient (Wildman–Crippen LogP) is 4.24. The highest BCUT2D eigenvalue weighted by molar-refractivity contribution is 7.99. The standard InChI is InChI=1S/C22H27N5OS/c1-5-13-27-19(25-26-21(27)29-15-20(28)24-22(2,3)4)14-23-18-12-8-10-16-9-6-7-11-17(16)18/h5-12,23H,1,13-15H2,2-4H3,(H,24,28). The quantitative estimate of drug-likeness (QED) is 0.430. The van der Waals surface area contributed by atoms with Gasteiger partial charge in [0.2, 0.25) is 5.91 Å². The molecule has 3 rings (SSSR count). The molecule has 1 amide bonds. The van der Waals surface area contributed by atoms with E-state index in [2.05, 4.69) is 51.7 Å². The van der Waals surface area contributed by atoms with E-state index in [0.29, 0.717) is 24.0 Å². The Hall–Kier alpha value is -2.80. The highest BCUT2D eigenvalue weighted by Crippen LogP contribution is 2.24. The van der Waals surface area contributed by atoms with Crippen LogP contribution in [0.25, 0.3) is 10.8 Å². The molecule has 7 heteroatoms. The molecule has 0 radical (unpaired) electrons. The zero-order chi connectivity index (χ0) is 20.9. The van der Waals surface area contributed by atoms with Crippen molar-refractivity contribution in [3.63, 3.8) is 0 Å². The number of benzene rings is 2. The maximum atomic E-state index is 12.1. The van der Waals surface area contributed by atoms with Crippen molar-refractivity contribution in [2.45, 2.75) is 44.6 Å². The number of nitrogens with zero attached hydrogens (tertiary/aromatic N) is 3. The maximum Gasteiger partial charge on any atom is 0.230 e. The van der Waals surface area contributed by atoms with Gasteiger partial charge in [0.25, 0.3) is 0 Å². The van der Waals surface area contributed by atoms with Gasteiger partial charge in [-0.3, -0.25) is 4.79 Å². The summed E-state index contributed by atoms with van der Waals surface area (Å²) in [6, 6.07) is 14.5. The van der Waals surface area contributed by atoms with Gasteiger partial charge < -0.3 is 15.2 Å². The summed E-state index contributed by atoms with van der Waals surface area (Å²) < 4.78 is 1.99. The van der Waals surface area contributed by atoms with Gasteiger partial charge in [0, 0.05) is 23.2 Å². The number of carbonyl (C=O) groups is 1. The lowest BCUT2D eigenvalue weighted by Gasteiger charge is -2.20. The Morgan fingerprint density at radius 3 is 2.69 bits per heavy atom. The maximum absolute atomic E-state index is 12.1. The van der Waals surface area contributed by atoms with Crippen LogP contribution in [0.4, 0.5) is 5.69 Å². The van der Waals surface area contributed by atoms with Crippen molar-refractivity contribution in [1.29, 1.82) is 0 Å². The van der Waals surface area contributed by atoms with Crippen LogP contribution in [0.15, 0.2) is 60.3 Å². The molecule has 0 unspecified atom stereocenters. The summed E-state index contributed by atoms with van der Waals surface area (Å²) in [5.41, 5.74) is 0.801. The van der Waals surface area contributed by atoms with Crippen molar-refractivity contribution in [1.82, 2.24) is 20.1 Å². The van der Waals surface area contributed by atoms with E-state index >= 15 is 0 Å². The van der Waals surface area contributed by atoms with Crippen LogP contribution in [0.1, 0.15) is 26.6 Å². The van der Waals surface area contributed by atoms with Crippen molar-refractivity contribution in [2.24, 2.45) is 0 Å². The highest BCUT2D eigenvalue weighted by Gasteiger charge is 2.17. The van der Waals surface area contributed by atoms with Crippen LogP contribution < -0.4 is 10.6 Å². The molecule has 29 heavy (non-hydrogen) atoms. The molecule has 0 saturated heterocycles. The number of allylic oxidation sites excluding steroid dienone is 1. The van der Waals surface area contributed by atoms with Gasteiger partial charge in [0.05, 0.1) is 12.3 Å². The van der Waals surface area contributed by atoms with E-state index in [9.17, 15) is 4.79 Å². The third kappa shape index (κ3) is 5.60. The molecular weight excluding hydrogens is 382 g/mol. The number of anilines is 1. The number of nitrogens with one attached hydrogen (secondary N) is 2. The Labute approximate surface area is 175 Å². The molecule has 0 aliphatic carbocycles. The van der Waals surface area contributed by atoms with Gasteiger partial charge in [-0.1, -0.05) is 54.2 Å².